The Morgan fingerprint density at radius 2 is 1.80 bits per heavy atom. The zero-order valence-corrected chi connectivity index (χ0v) is 15.5. The van der Waals surface area contributed by atoms with Crippen LogP contribution in [0, 0.1) is 13.8 Å². The van der Waals surface area contributed by atoms with Crippen LogP contribution in [0.1, 0.15) is 29.5 Å². The maximum Gasteiger partial charge on any atom is 0.228 e. The lowest BCUT2D eigenvalue weighted by molar-refractivity contribution is -0.118. The van der Waals surface area contributed by atoms with Gasteiger partial charge in [-0.1, -0.05) is 35.9 Å². The number of benzene rings is 2. The molecular formula is C20H23NO3S. The van der Waals surface area contributed by atoms with Crippen molar-refractivity contribution in [3.8, 4) is 0 Å². The number of fused-ring (bicyclic) bond motifs is 1. The van der Waals surface area contributed by atoms with Crippen molar-refractivity contribution in [3.63, 3.8) is 0 Å². The average molecular weight is 357 g/mol. The fourth-order valence-electron chi connectivity index (χ4n) is 3.32. The van der Waals surface area contributed by atoms with E-state index in [-0.39, 0.29) is 23.0 Å². The number of rotatable bonds is 4. The Hall–Kier alpha value is -2.14. The first-order valence-electron chi connectivity index (χ1n) is 8.57. The van der Waals surface area contributed by atoms with Crippen molar-refractivity contribution in [2.24, 2.45) is 0 Å². The van der Waals surface area contributed by atoms with Crippen molar-refractivity contribution in [2.45, 2.75) is 38.0 Å². The van der Waals surface area contributed by atoms with Crippen molar-refractivity contribution in [1.29, 1.82) is 0 Å². The summed E-state index contributed by atoms with van der Waals surface area (Å²) in [5.74, 6) is -0.280. The van der Waals surface area contributed by atoms with E-state index in [0.717, 1.165) is 29.7 Å². The Balaban J connectivity index is 1.75. The second-order valence-corrected chi connectivity index (χ2v) is 8.72. The van der Waals surface area contributed by atoms with E-state index in [9.17, 15) is 13.2 Å². The van der Waals surface area contributed by atoms with Crippen molar-refractivity contribution in [3.05, 3.63) is 59.2 Å². The number of anilines is 1. The van der Waals surface area contributed by atoms with Crippen molar-refractivity contribution in [1.82, 2.24) is 0 Å². The molecule has 25 heavy (non-hydrogen) atoms. The van der Waals surface area contributed by atoms with Gasteiger partial charge in [-0.25, -0.2) is 8.42 Å². The molecule has 0 fully saturated rings. The van der Waals surface area contributed by atoms with Gasteiger partial charge in [0, 0.05) is 18.7 Å². The van der Waals surface area contributed by atoms with E-state index in [1.54, 1.807) is 29.2 Å². The standard InChI is InChI=1S/C20H23NO3S/c1-15-8-10-18(11-9-15)25(23,24)14-12-19(22)21-13-4-7-17-6-3-5-16(2)20(17)21/h3,5-6,8-11H,4,7,12-14H2,1-2H3. The van der Waals surface area contributed by atoms with Gasteiger partial charge in [0.2, 0.25) is 5.91 Å². The second kappa shape index (κ2) is 7.00. The summed E-state index contributed by atoms with van der Waals surface area (Å²) in [4.78, 5) is 14.7. The number of carbonyl (C=O) groups excluding carboxylic acids is 1. The molecule has 0 saturated carbocycles. The predicted molar refractivity (Wildman–Crippen MR) is 99.7 cm³/mol. The fraction of sp³-hybridized carbons (Fsp3) is 0.350. The van der Waals surface area contributed by atoms with E-state index >= 15 is 0 Å². The normalized spacial score (nSPS) is 14.2. The Bertz CT molecular complexity index is 886. The number of sulfone groups is 1. The summed E-state index contributed by atoms with van der Waals surface area (Å²) in [5, 5.41) is 0. The first-order valence-corrected chi connectivity index (χ1v) is 10.2. The molecule has 1 aliphatic rings. The molecule has 0 aliphatic carbocycles. The maximum absolute atomic E-state index is 12.7. The molecule has 1 amide bonds. The van der Waals surface area contributed by atoms with Crippen molar-refractivity contribution in [2.75, 3.05) is 17.2 Å². The number of para-hydroxylation sites is 1. The fourth-order valence-corrected chi connectivity index (χ4v) is 4.55. The van der Waals surface area contributed by atoms with Crippen molar-refractivity contribution >= 4 is 21.4 Å². The van der Waals surface area contributed by atoms with Gasteiger partial charge in [-0.15, -0.1) is 0 Å². The van der Waals surface area contributed by atoms with Crippen LogP contribution in [0.2, 0.25) is 0 Å². The minimum absolute atomic E-state index is 0.00395. The quantitative estimate of drug-likeness (QED) is 0.842. The molecule has 0 saturated heterocycles. The molecule has 1 aliphatic heterocycles. The molecule has 132 valence electrons. The number of amides is 1. The van der Waals surface area contributed by atoms with Gasteiger partial charge < -0.3 is 4.90 Å². The first-order chi connectivity index (χ1) is 11.9. The highest BCUT2D eigenvalue weighted by atomic mass is 32.2. The molecule has 0 bridgehead atoms. The summed E-state index contributed by atoms with van der Waals surface area (Å²) >= 11 is 0. The van der Waals surface area contributed by atoms with Crippen LogP contribution in [-0.2, 0) is 21.1 Å². The molecule has 2 aromatic rings. The van der Waals surface area contributed by atoms with E-state index in [4.69, 9.17) is 0 Å². The van der Waals surface area contributed by atoms with Gasteiger partial charge in [-0.2, -0.15) is 0 Å². The zero-order valence-electron chi connectivity index (χ0n) is 14.7. The summed E-state index contributed by atoms with van der Waals surface area (Å²) in [6.45, 7) is 4.56. The molecule has 2 aromatic carbocycles. The lowest BCUT2D eigenvalue weighted by Crippen LogP contribution is -2.37. The summed E-state index contributed by atoms with van der Waals surface area (Å²) < 4.78 is 24.9. The van der Waals surface area contributed by atoms with Crippen LogP contribution in [0.4, 0.5) is 5.69 Å². The van der Waals surface area contributed by atoms with Gasteiger partial charge in [0.1, 0.15) is 0 Å². The van der Waals surface area contributed by atoms with Gasteiger partial charge in [0.05, 0.1) is 10.6 Å². The van der Waals surface area contributed by atoms with E-state index in [1.165, 1.54) is 5.56 Å². The van der Waals surface area contributed by atoms with Gasteiger partial charge in [-0.3, -0.25) is 4.79 Å². The molecule has 1 heterocycles. The SMILES string of the molecule is Cc1ccc(S(=O)(=O)CCC(=O)N2CCCc3cccc(C)c32)cc1. The molecule has 4 nitrogen and oxygen atoms in total. The number of hydrogen-bond acceptors (Lipinski definition) is 3. The van der Waals surface area contributed by atoms with Crippen LogP contribution in [0.3, 0.4) is 0 Å². The third kappa shape index (κ3) is 3.76. The highest BCUT2D eigenvalue weighted by Crippen LogP contribution is 2.31. The Morgan fingerprint density at radius 1 is 1.08 bits per heavy atom. The third-order valence-corrected chi connectivity index (χ3v) is 6.42. The summed E-state index contributed by atoms with van der Waals surface area (Å²) in [7, 11) is -3.45. The summed E-state index contributed by atoms with van der Waals surface area (Å²) in [6.07, 6.45) is 1.87. The molecule has 0 N–H and O–H groups in total. The summed E-state index contributed by atoms with van der Waals surface area (Å²) in [5.41, 5.74) is 4.20. The van der Waals surface area contributed by atoms with E-state index < -0.39 is 9.84 Å². The molecule has 0 aromatic heterocycles. The molecule has 0 radical (unpaired) electrons. The van der Waals surface area contributed by atoms with E-state index in [2.05, 4.69) is 0 Å². The second-order valence-electron chi connectivity index (χ2n) is 6.61. The Morgan fingerprint density at radius 3 is 2.52 bits per heavy atom. The van der Waals surface area contributed by atoms with Crippen molar-refractivity contribution < 1.29 is 13.2 Å². The van der Waals surface area contributed by atoms with Gasteiger partial charge in [-0.05, 0) is 49.9 Å². The minimum Gasteiger partial charge on any atom is -0.312 e. The largest absolute Gasteiger partial charge is 0.312 e. The van der Waals surface area contributed by atoms with Gasteiger partial charge in [0.15, 0.2) is 9.84 Å². The highest BCUT2D eigenvalue weighted by Gasteiger charge is 2.25. The van der Waals surface area contributed by atoms with Gasteiger partial charge in [0.25, 0.3) is 0 Å². The minimum atomic E-state index is -3.45. The number of carbonyl (C=O) groups is 1. The topological polar surface area (TPSA) is 54.5 Å². The summed E-state index contributed by atoms with van der Waals surface area (Å²) in [6, 6.07) is 12.8. The van der Waals surface area contributed by atoms with Gasteiger partial charge >= 0.3 is 0 Å². The molecule has 3 rings (SSSR count). The maximum atomic E-state index is 12.7. The lowest BCUT2D eigenvalue weighted by atomic mass is 9.98. The smallest absolute Gasteiger partial charge is 0.228 e. The van der Waals surface area contributed by atoms with E-state index in [0.29, 0.717) is 6.54 Å². The molecule has 5 heteroatoms. The molecule has 0 unspecified atom stereocenters. The molecular weight excluding hydrogens is 334 g/mol. The van der Waals surface area contributed by atoms with Crippen LogP contribution in [-0.4, -0.2) is 26.6 Å². The number of hydrogen-bond donors (Lipinski definition) is 0. The Kier molecular flexibility index (Phi) is 4.95. The molecule has 0 atom stereocenters. The molecule has 0 spiro atoms. The van der Waals surface area contributed by atoms with Crippen LogP contribution >= 0.6 is 0 Å². The highest BCUT2D eigenvalue weighted by molar-refractivity contribution is 7.91. The lowest BCUT2D eigenvalue weighted by Gasteiger charge is -2.31. The van der Waals surface area contributed by atoms with Crippen LogP contribution in [0.15, 0.2) is 47.4 Å². The van der Waals surface area contributed by atoms with Crippen LogP contribution in [0.25, 0.3) is 0 Å². The predicted octanol–water partition coefficient (Wildman–Crippen LogP) is 3.45. The monoisotopic (exact) mass is 357 g/mol. The number of aryl methyl sites for hydroxylation is 3. The first kappa shape index (κ1) is 17.7. The third-order valence-electron chi connectivity index (χ3n) is 4.68. The Labute approximate surface area is 149 Å². The zero-order chi connectivity index (χ0) is 18.0. The van der Waals surface area contributed by atoms with E-state index in [1.807, 2.05) is 32.0 Å². The van der Waals surface area contributed by atoms with Crippen LogP contribution < -0.4 is 4.90 Å². The number of nitrogens with zero attached hydrogens (tertiary/aromatic N) is 1. The average Bonchev–Trinajstić information content (AvgIpc) is 2.60. The van der Waals surface area contributed by atoms with Crippen LogP contribution in [0.5, 0.6) is 0 Å².